The van der Waals surface area contributed by atoms with E-state index in [9.17, 15) is 14.4 Å². The van der Waals surface area contributed by atoms with Crippen LogP contribution in [0.25, 0.3) is 0 Å². The number of carbonyl (C=O) groups is 1. The molecule has 0 aromatic carbocycles. The molecule has 3 rings (SSSR count). The number of amides is 1. The molecule has 2 aromatic rings. The number of aromatic amines is 2. The first-order valence-corrected chi connectivity index (χ1v) is 8.02. The molecule has 9 nitrogen and oxygen atoms in total. The topological polar surface area (TPSA) is 121 Å². The highest BCUT2D eigenvalue weighted by Gasteiger charge is 2.27. The number of rotatable bonds is 3. The van der Waals surface area contributed by atoms with Crippen LogP contribution in [0.15, 0.2) is 21.9 Å². The molecule has 0 radical (unpaired) electrons. The normalized spacial score (nSPS) is 17.4. The maximum absolute atomic E-state index is 12.5. The molecular formula is C16H19N5O4. The van der Waals surface area contributed by atoms with Crippen LogP contribution in [0.5, 0.6) is 6.01 Å². The van der Waals surface area contributed by atoms with Crippen LogP contribution in [0.2, 0.25) is 0 Å². The minimum Gasteiger partial charge on any atom is -0.458 e. The molecule has 2 aromatic heterocycles. The van der Waals surface area contributed by atoms with Crippen molar-refractivity contribution < 1.29 is 9.53 Å². The highest BCUT2D eigenvalue weighted by molar-refractivity contribution is 5.93. The predicted octanol–water partition coefficient (Wildman–Crippen LogP) is 0.154. The Morgan fingerprint density at radius 2 is 2.00 bits per heavy atom. The van der Waals surface area contributed by atoms with E-state index in [1.165, 1.54) is 0 Å². The Bertz CT molecular complexity index is 884. The van der Waals surface area contributed by atoms with Gasteiger partial charge >= 0.3 is 11.7 Å². The van der Waals surface area contributed by atoms with E-state index in [1.54, 1.807) is 4.90 Å². The summed E-state index contributed by atoms with van der Waals surface area (Å²) in [5.74, 6) is -0.438. The summed E-state index contributed by atoms with van der Waals surface area (Å²) in [6, 6.07) is 2.14. The van der Waals surface area contributed by atoms with Crippen LogP contribution in [0.3, 0.4) is 0 Å². The molecule has 132 valence electrons. The van der Waals surface area contributed by atoms with E-state index < -0.39 is 17.2 Å². The molecule has 1 aliphatic heterocycles. The Kier molecular flexibility index (Phi) is 4.64. The molecule has 0 bridgehead atoms. The Balaban J connectivity index is 1.73. The first-order valence-electron chi connectivity index (χ1n) is 8.02. The van der Waals surface area contributed by atoms with Gasteiger partial charge in [0.2, 0.25) is 0 Å². The predicted molar refractivity (Wildman–Crippen MR) is 88.7 cm³/mol. The fraction of sp³-hybridized carbons (Fsp3) is 0.438. The molecule has 1 amide bonds. The number of likely N-dealkylation sites (tertiary alicyclic amines) is 1. The minimum atomic E-state index is -0.700. The lowest BCUT2D eigenvalue weighted by Crippen LogP contribution is -2.46. The molecule has 0 saturated carbocycles. The molecule has 2 N–H and O–H groups in total. The standard InChI is InChI=1S/C16H19N5O4/c1-9-6-10(2)19-16(18-9)25-11-4-3-5-21(8-11)14(23)12-7-17-15(24)20-13(12)22/h6-7,11H,3-5,8H2,1-2H3,(H2,17,20,22,24). The molecule has 1 saturated heterocycles. The van der Waals surface area contributed by atoms with E-state index in [4.69, 9.17) is 4.74 Å². The van der Waals surface area contributed by atoms with E-state index >= 15 is 0 Å². The van der Waals surface area contributed by atoms with Crippen LogP contribution < -0.4 is 16.0 Å². The molecule has 3 heterocycles. The van der Waals surface area contributed by atoms with Crippen molar-refractivity contribution in [1.29, 1.82) is 0 Å². The average molecular weight is 345 g/mol. The molecule has 1 aliphatic rings. The third-order valence-electron chi connectivity index (χ3n) is 3.95. The van der Waals surface area contributed by atoms with E-state index in [2.05, 4.69) is 19.9 Å². The number of H-pyrrole nitrogens is 2. The summed E-state index contributed by atoms with van der Waals surface area (Å²) in [5, 5.41) is 0. The number of hydrogen-bond acceptors (Lipinski definition) is 6. The van der Waals surface area contributed by atoms with Gasteiger partial charge in [-0.15, -0.1) is 0 Å². The summed E-state index contributed by atoms with van der Waals surface area (Å²) in [5.41, 5.74) is 0.183. The van der Waals surface area contributed by atoms with Gasteiger partial charge in [-0.05, 0) is 32.8 Å². The average Bonchev–Trinajstić information content (AvgIpc) is 2.53. The molecule has 0 aliphatic carbocycles. The van der Waals surface area contributed by atoms with Gasteiger partial charge in [0.25, 0.3) is 11.5 Å². The number of nitrogens with one attached hydrogen (secondary N) is 2. The first kappa shape index (κ1) is 16.9. The van der Waals surface area contributed by atoms with Gasteiger partial charge in [-0.2, -0.15) is 0 Å². The van der Waals surface area contributed by atoms with Crippen molar-refractivity contribution in [2.75, 3.05) is 13.1 Å². The fourth-order valence-electron chi connectivity index (χ4n) is 2.85. The Hall–Kier alpha value is -2.97. The van der Waals surface area contributed by atoms with Crippen molar-refractivity contribution in [3.05, 3.63) is 50.1 Å². The third kappa shape index (κ3) is 3.93. The van der Waals surface area contributed by atoms with Gasteiger partial charge in [0.1, 0.15) is 11.7 Å². The van der Waals surface area contributed by atoms with Crippen LogP contribution in [0, 0.1) is 13.8 Å². The fourth-order valence-corrected chi connectivity index (χ4v) is 2.85. The van der Waals surface area contributed by atoms with Gasteiger partial charge in [-0.25, -0.2) is 14.8 Å². The highest BCUT2D eigenvalue weighted by Crippen LogP contribution is 2.17. The van der Waals surface area contributed by atoms with Crippen molar-refractivity contribution in [2.45, 2.75) is 32.8 Å². The quantitative estimate of drug-likeness (QED) is 0.817. The second kappa shape index (κ2) is 6.88. The number of hydrogen-bond donors (Lipinski definition) is 2. The minimum absolute atomic E-state index is 0.0945. The lowest BCUT2D eigenvalue weighted by molar-refractivity contribution is 0.0513. The van der Waals surface area contributed by atoms with Gasteiger partial charge < -0.3 is 14.6 Å². The molecule has 1 atom stereocenters. The summed E-state index contributed by atoms with van der Waals surface area (Å²) >= 11 is 0. The van der Waals surface area contributed by atoms with Gasteiger partial charge in [0.05, 0.1) is 6.54 Å². The van der Waals surface area contributed by atoms with Crippen LogP contribution in [-0.4, -0.2) is 49.9 Å². The van der Waals surface area contributed by atoms with Crippen LogP contribution in [0.4, 0.5) is 0 Å². The monoisotopic (exact) mass is 345 g/mol. The molecule has 9 heteroatoms. The second-order valence-electron chi connectivity index (χ2n) is 6.05. The van der Waals surface area contributed by atoms with E-state index in [1.807, 2.05) is 19.9 Å². The van der Waals surface area contributed by atoms with Crippen molar-refractivity contribution in [3.8, 4) is 6.01 Å². The summed E-state index contributed by atoms with van der Waals surface area (Å²) in [7, 11) is 0. The lowest BCUT2D eigenvalue weighted by Gasteiger charge is -2.32. The summed E-state index contributed by atoms with van der Waals surface area (Å²) in [6.07, 6.45) is 2.40. The second-order valence-corrected chi connectivity index (χ2v) is 6.05. The van der Waals surface area contributed by atoms with Gasteiger partial charge in [-0.1, -0.05) is 0 Å². The highest BCUT2D eigenvalue weighted by atomic mass is 16.5. The van der Waals surface area contributed by atoms with Crippen molar-refractivity contribution in [3.63, 3.8) is 0 Å². The van der Waals surface area contributed by atoms with Gasteiger partial charge in [0.15, 0.2) is 0 Å². The first-order chi connectivity index (χ1) is 11.9. The number of aryl methyl sites for hydroxylation is 2. The molecule has 1 fully saturated rings. The Morgan fingerprint density at radius 3 is 2.68 bits per heavy atom. The largest absolute Gasteiger partial charge is 0.458 e. The van der Waals surface area contributed by atoms with Gasteiger partial charge in [0, 0.05) is 24.1 Å². The van der Waals surface area contributed by atoms with Crippen LogP contribution >= 0.6 is 0 Å². The third-order valence-corrected chi connectivity index (χ3v) is 3.95. The smallest absolute Gasteiger partial charge is 0.325 e. The maximum Gasteiger partial charge on any atom is 0.325 e. The molecule has 0 spiro atoms. The van der Waals surface area contributed by atoms with Gasteiger partial charge in [-0.3, -0.25) is 14.6 Å². The summed E-state index contributed by atoms with van der Waals surface area (Å²) in [6.45, 7) is 4.57. The summed E-state index contributed by atoms with van der Waals surface area (Å²) < 4.78 is 5.82. The van der Waals surface area contributed by atoms with Crippen molar-refractivity contribution in [1.82, 2.24) is 24.8 Å². The maximum atomic E-state index is 12.5. The van der Waals surface area contributed by atoms with Crippen LogP contribution in [-0.2, 0) is 0 Å². The SMILES string of the molecule is Cc1cc(C)nc(OC2CCCN(C(=O)c3c[nH]c(=O)[nH]c3=O)C2)n1. The van der Waals surface area contributed by atoms with E-state index in [-0.39, 0.29) is 11.7 Å². The van der Waals surface area contributed by atoms with E-state index in [0.717, 1.165) is 30.4 Å². The zero-order valence-corrected chi connectivity index (χ0v) is 14.0. The van der Waals surface area contributed by atoms with Crippen molar-refractivity contribution in [2.24, 2.45) is 0 Å². The number of carbonyl (C=O) groups excluding carboxylic acids is 1. The Morgan fingerprint density at radius 1 is 1.28 bits per heavy atom. The van der Waals surface area contributed by atoms with Crippen LogP contribution in [0.1, 0.15) is 34.6 Å². The number of piperidine rings is 1. The van der Waals surface area contributed by atoms with Crippen molar-refractivity contribution >= 4 is 5.91 Å². The Labute approximate surface area is 143 Å². The summed E-state index contributed by atoms with van der Waals surface area (Å²) in [4.78, 5) is 49.8. The number of nitrogens with zero attached hydrogens (tertiary/aromatic N) is 3. The molecule has 1 unspecified atom stereocenters. The zero-order valence-electron chi connectivity index (χ0n) is 14.0. The molecular weight excluding hydrogens is 326 g/mol. The lowest BCUT2D eigenvalue weighted by atomic mass is 10.1. The van der Waals surface area contributed by atoms with E-state index in [0.29, 0.717) is 19.1 Å². The molecule has 25 heavy (non-hydrogen) atoms. The zero-order chi connectivity index (χ0) is 18.0. The number of ether oxygens (including phenoxy) is 1. The number of aromatic nitrogens is 4.